The topological polar surface area (TPSA) is 26.3 Å². The number of ether oxygens (including phenoxy) is 1. The summed E-state index contributed by atoms with van der Waals surface area (Å²) >= 11 is 0. The molecule has 2 aromatic rings. The van der Waals surface area contributed by atoms with E-state index in [-0.39, 0.29) is 11.3 Å². The summed E-state index contributed by atoms with van der Waals surface area (Å²) in [5, 5.41) is 0. The van der Waals surface area contributed by atoms with Gasteiger partial charge in [-0.05, 0) is 49.6 Å². The fraction of sp³-hybridized carbons (Fsp3) is 0.381. The van der Waals surface area contributed by atoms with E-state index >= 15 is 0 Å². The molecule has 0 unspecified atom stereocenters. The van der Waals surface area contributed by atoms with Crippen molar-refractivity contribution >= 4 is 5.78 Å². The molecule has 130 valence electrons. The van der Waals surface area contributed by atoms with Gasteiger partial charge in [0.05, 0.1) is 5.56 Å². The Morgan fingerprint density at radius 2 is 1.58 bits per heavy atom. The van der Waals surface area contributed by atoms with E-state index in [1.165, 1.54) is 6.07 Å². The average Bonchev–Trinajstić information content (AvgIpc) is 3.40. The van der Waals surface area contributed by atoms with Crippen LogP contribution in [0.4, 0.5) is 4.39 Å². The lowest BCUT2D eigenvalue weighted by Gasteiger charge is -2.17. The van der Waals surface area contributed by atoms with Crippen LogP contribution in [0.2, 0.25) is 0 Å². The Kier molecular flexibility index (Phi) is 7.63. The van der Waals surface area contributed by atoms with Crippen molar-refractivity contribution in [3.8, 4) is 5.75 Å². The first kappa shape index (κ1) is 19.9. The van der Waals surface area contributed by atoms with Crippen molar-refractivity contribution in [2.45, 2.75) is 53.1 Å². The zero-order valence-electron chi connectivity index (χ0n) is 15.2. The third kappa shape index (κ3) is 4.67. The molecule has 24 heavy (non-hydrogen) atoms. The number of carbonyl (C=O) groups excluding carboxylic acids is 1. The molecule has 3 heteroatoms. The second-order valence-corrected chi connectivity index (χ2v) is 5.22. The summed E-state index contributed by atoms with van der Waals surface area (Å²) in [4.78, 5) is 12.5. The summed E-state index contributed by atoms with van der Waals surface area (Å²) in [6, 6.07) is 13.9. The first-order chi connectivity index (χ1) is 11.6. The van der Waals surface area contributed by atoms with Gasteiger partial charge in [-0.25, -0.2) is 4.39 Å². The summed E-state index contributed by atoms with van der Waals surface area (Å²) < 4.78 is 19.7. The molecule has 1 aliphatic carbocycles. The molecule has 2 aromatic carbocycles. The lowest BCUT2D eigenvalue weighted by atomic mass is 10.0. The number of Topliss-reactive ketones (excluding diaryl/α,β-unsaturated/α-hetero) is 1. The fourth-order valence-electron chi connectivity index (χ4n) is 2.25. The quantitative estimate of drug-likeness (QED) is 0.644. The van der Waals surface area contributed by atoms with Gasteiger partial charge in [0.15, 0.2) is 5.60 Å². The summed E-state index contributed by atoms with van der Waals surface area (Å²) in [5.74, 6) is -0.0948. The van der Waals surface area contributed by atoms with Crippen molar-refractivity contribution in [1.29, 1.82) is 0 Å². The van der Waals surface area contributed by atoms with Gasteiger partial charge in [0, 0.05) is 0 Å². The summed E-state index contributed by atoms with van der Waals surface area (Å²) in [5.41, 5.74) is 0.0363. The Bertz CT molecular complexity index is 646. The summed E-state index contributed by atoms with van der Waals surface area (Å²) in [6.45, 7) is 9.80. The van der Waals surface area contributed by atoms with Gasteiger partial charge in [-0.3, -0.25) is 4.79 Å². The predicted molar refractivity (Wildman–Crippen MR) is 97.2 cm³/mol. The van der Waals surface area contributed by atoms with Crippen LogP contribution < -0.4 is 4.74 Å². The van der Waals surface area contributed by atoms with Crippen LogP contribution in [0.3, 0.4) is 0 Å². The second kappa shape index (κ2) is 9.21. The molecular weight excluding hydrogens is 303 g/mol. The minimum absolute atomic E-state index is 0.115. The SMILES string of the molecule is CC.CC.Cc1ccc(C(=O)C2(Oc3ccccc3)CC2)c(F)c1. The zero-order chi connectivity index (χ0) is 18.2. The van der Waals surface area contributed by atoms with Gasteiger partial charge in [0.25, 0.3) is 0 Å². The van der Waals surface area contributed by atoms with E-state index in [1.807, 2.05) is 45.9 Å². The monoisotopic (exact) mass is 330 g/mol. The maximum Gasteiger partial charge on any atom is 0.209 e. The van der Waals surface area contributed by atoms with E-state index in [4.69, 9.17) is 4.74 Å². The zero-order valence-corrected chi connectivity index (χ0v) is 15.2. The van der Waals surface area contributed by atoms with Gasteiger partial charge in [-0.15, -0.1) is 0 Å². The van der Waals surface area contributed by atoms with E-state index in [2.05, 4.69) is 0 Å². The molecule has 3 rings (SSSR count). The molecule has 1 fully saturated rings. The average molecular weight is 330 g/mol. The van der Waals surface area contributed by atoms with E-state index in [0.717, 1.165) is 5.56 Å². The largest absolute Gasteiger partial charge is 0.479 e. The number of carbonyl (C=O) groups is 1. The molecule has 2 nitrogen and oxygen atoms in total. The van der Waals surface area contributed by atoms with Crippen LogP contribution in [0, 0.1) is 12.7 Å². The number of hydrogen-bond donors (Lipinski definition) is 0. The second-order valence-electron chi connectivity index (χ2n) is 5.22. The number of halogens is 1. The van der Waals surface area contributed by atoms with Crippen LogP contribution in [0.1, 0.15) is 56.5 Å². The molecule has 0 N–H and O–H groups in total. The Hall–Kier alpha value is -2.16. The van der Waals surface area contributed by atoms with E-state index in [1.54, 1.807) is 31.2 Å². The van der Waals surface area contributed by atoms with Crippen molar-refractivity contribution in [3.63, 3.8) is 0 Å². The number of aryl methyl sites for hydroxylation is 1. The van der Waals surface area contributed by atoms with Crippen LogP contribution in [0.25, 0.3) is 0 Å². The molecule has 0 saturated heterocycles. The lowest BCUT2D eigenvalue weighted by molar-refractivity contribution is 0.0741. The summed E-state index contributed by atoms with van der Waals surface area (Å²) in [7, 11) is 0. The Labute approximate surface area is 144 Å². The van der Waals surface area contributed by atoms with E-state index < -0.39 is 11.4 Å². The standard InChI is InChI=1S/C17H15FO2.2C2H6/c1-12-7-8-14(15(18)11-12)16(19)17(9-10-17)20-13-5-3-2-4-6-13;2*1-2/h2-8,11H,9-10H2,1H3;2*1-2H3. The molecule has 0 aromatic heterocycles. The van der Waals surface area contributed by atoms with E-state index in [9.17, 15) is 9.18 Å². The number of para-hydroxylation sites is 1. The van der Waals surface area contributed by atoms with Crippen LogP contribution in [-0.2, 0) is 0 Å². The molecule has 0 heterocycles. The van der Waals surface area contributed by atoms with Crippen molar-refractivity contribution in [2.75, 3.05) is 0 Å². The molecule has 0 bridgehead atoms. The molecule has 0 radical (unpaired) electrons. The van der Waals surface area contributed by atoms with Gasteiger partial charge >= 0.3 is 0 Å². The van der Waals surface area contributed by atoms with Gasteiger partial charge < -0.3 is 4.74 Å². The van der Waals surface area contributed by atoms with Gasteiger partial charge in [0.2, 0.25) is 5.78 Å². The molecule has 0 spiro atoms. The van der Waals surface area contributed by atoms with Crippen LogP contribution >= 0.6 is 0 Å². The first-order valence-corrected chi connectivity index (χ1v) is 8.66. The minimum Gasteiger partial charge on any atom is -0.479 e. The molecule has 1 aliphatic rings. The fourth-order valence-corrected chi connectivity index (χ4v) is 2.25. The van der Waals surface area contributed by atoms with Crippen molar-refractivity contribution in [1.82, 2.24) is 0 Å². The number of ketones is 1. The lowest BCUT2D eigenvalue weighted by Crippen LogP contribution is -2.30. The molecule has 0 amide bonds. The Morgan fingerprint density at radius 3 is 2.08 bits per heavy atom. The predicted octanol–water partition coefficient (Wildman–Crippen LogP) is 5.98. The summed E-state index contributed by atoms with van der Waals surface area (Å²) in [6.07, 6.45) is 1.27. The van der Waals surface area contributed by atoms with E-state index in [0.29, 0.717) is 18.6 Å². The van der Waals surface area contributed by atoms with Crippen molar-refractivity contribution in [3.05, 3.63) is 65.5 Å². The van der Waals surface area contributed by atoms with Gasteiger partial charge in [-0.2, -0.15) is 0 Å². The van der Waals surface area contributed by atoms with Crippen LogP contribution in [0.5, 0.6) is 5.75 Å². The highest BCUT2D eigenvalue weighted by Gasteiger charge is 2.53. The van der Waals surface area contributed by atoms with Crippen molar-refractivity contribution in [2.24, 2.45) is 0 Å². The first-order valence-electron chi connectivity index (χ1n) is 8.66. The molecule has 0 atom stereocenters. The highest BCUT2D eigenvalue weighted by molar-refractivity contribution is 6.04. The van der Waals surface area contributed by atoms with Crippen LogP contribution in [0.15, 0.2) is 48.5 Å². The minimum atomic E-state index is -0.878. The number of benzene rings is 2. The maximum absolute atomic E-state index is 13.9. The highest BCUT2D eigenvalue weighted by Crippen LogP contribution is 2.43. The Balaban J connectivity index is 0.000000671. The van der Waals surface area contributed by atoms with Crippen LogP contribution in [-0.4, -0.2) is 11.4 Å². The third-order valence-corrected chi connectivity index (χ3v) is 3.54. The normalized spacial score (nSPS) is 13.6. The third-order valence-electron chi connectivity index (χ3n) is 3.54. The highest BCUT2D eigenvalue weighted by atomic mass is 19.1. The number of hydrogen-bond acceptors (Lipinski definition) is 2. The molecule has 1 saturated carbocycles. The van der Waals surface area contributed by atoms with Gasteiger partial charge in [0.1, 0.15) is 11.6 Å². The van der Waals surface area contributed by atoms with Crippen molar-refractivity contribution < 1.29 is 13.9 Å². The number of rotatable bonds is 4. The smallest absolute Gasteiger partial charge is 0.209 e. The Morgan fingerprint density at radius 1 is 1.00 bits per heavy atom. The van der Waals surface area contributed by atoms with Gasteiger partial charge in [-0.1, -0.05) is 52.0 Å². The molecular formula is C21H27FO2. The maximum atomic E-state index is 13.9. The molecule has 0 aliphatic heterocycles.